The third-order valence-electron chi connectivity index (χ3n) is 2.75. The van der Waals surface area contributed by atoms with Gasteiger partial charge in [0, 0.05) is 18.9 Å². The summed E-state index contributed by atoms with van der Waals surface area (Å²) < 4.78 is 1.29. The summed E-state index contributed by atoms with van der Waals surface area (Å²) >= 11 is 12.6. The van der Waals surface area contributed by atoms with E-state index >= 15 is 0 Å². The number of hydrogen-bond donors (Lipinski definition) is 1. The summed E-state index contributed by atoms with van der Waals surface area (Å²) in [6.07, 6.45) is 1.36. The molecule has 0 unspecified atom stereocenters. The average Bonchev–Trinajstić information content (AvgIpc) is 2.68. The smallest absolute Gasteiger partial charge is 0.266 e. The molecule has 2 rings (SSSR count). The number of carbonyl (C=O) groups excluding carboxylic acids is 2. The van der Waals surface area contributed by atoms with Gasteiger partial charge in [-0.2, -0.15) is 0 Å². The molecule has 116 valence electrons. The van der Waals surface area contributed by atoms with Crippen molar-refractivity contribution in [1.29, 1.82) is 0 Å². The van der Waals surface area contributed by atoms with Crippen molar-refractivity contribution in [3.05, 3.63) is 31.5 Å². The first-order valence-corrected chi connectivity index (χ1v) is 8.74. The molecule has 0 aliphatic carbocycles. The first-order valence-electron chi connectivity index (χ1n) is 5.93. The van der Waals surface area contributed by atoms with E-state index in [0.29, 0.717) is 23.7 Å². The van der Waals surface area contributed by atoms with Gasteiger partial charge in [0.2, 0.25) is 0 Å². The van der Waals surface area contributed by atoms with Gasteiger partial charge in [-0.3, -0.25) is 9.69 Å². The summed E-state index contributed by atoms with van der Waals surface area (Å²) in [6, 6.07) is 3.32. The fourth-order valence-electron chi connectivity index (χ4n) is 1.72. The molecule has 1 N–H and O–H groups in total. The quantitative estimate of drug-likeness (QED) is 0.542. The van der Waals surface area contributed by atoms with Crippen LogP contribution in [0.2, 0.25) is 0 Å². The highest BCUT2D eigenvalue weighted by Gasteiger charge is 2.31. The Morgan fingerprint density at radius 2 is 2.00 bits per heavy atom. The number of phenols is 1. The van der Waals surface area contributed by atoms with Gasteiger partial charge in [-0.15, -0.1) is 0 Å². The summed E-state index contributed by atoms with van der Waals surface area (Å²) in [5.74, 6) is -1.50. The highest BCUT2D eigenvalue weighted by Crippen LogP contribution is 2.36. The van der Waals surface area contributed by atoms with Crippen LogP contribution < -0.4 is 5.11 Å². The van der Waals surface area contributed by atoms with Gasteiger partial charge in [0.1, 0.15) is 10.1 Å². The zero-order valence-electron chi connectivity index (χ0n) is 10.8. The van der Waals surface area contributed by atoms with Gasteiger partial charge >= 0.3 is 0 Å². The zero-order chi connectivity index (χ0) is 16.4. The van der Waals surface area contributed by atoms with Gasteiger partial charge in [0.05, 0.1) is 13.9 Å². The number of carbonyl (C=O) groups is 2. The second kappa shape index (κ2) is 7.12. The Bertz CT molecular complexity index is 682. The lowest BCUT2D eigenvalue weighted by atomic mass is 10.2. The summed E-state index contributed by atoms with van der Waals surface area (Å²) in [5, 5.41) is 20.2. The highest BCUT2D eigenvalue weighted by atomic mass is 79.9. The molecular weight excluding hydrogens is 458 g/mol. The van der Waals surface area contributed by atoms with E-state index in [9.17, 15) is 19.8 Å². The number of carboxylic acid groups (broad SMARTS) is 1. The van der Waals surface area contributed by atoms with Crippen molar-refractivity contribution in [1.82, 2.24) is 4.90 Å². The first-order chi connectivity index (χ1) is 10.3. The monoisotopic (exact) mass is 464 g/mol. The maximum atomic E-state index is 12.2. The largest absolute Gasteiger partial charge is 0.550 e. The maximum absolute atomic E-state index is 12.2. The van der Waals surface area contributed by atoms with E-state index in [-0.39, 0.29) is 24.6 Å². The number of phenolic OH excluding ortho intramolecular Hbond substituents is 1. The molecule has 0 bridgehead atoms. The Labute approximate surface area is 152 Å². The minimum absolute atomic E-state index is 0.00664. The van der Waals surface area contributed by atoms with Crippen molar-refractivity contribution < 1.29 is 19.8 Å². The van der Waals surface area contributed by atoms with Crippen LogP contribution in [0.3, 0.4) is 0 Å². The van der Waals surface area contributed by atoms with Crippen molar-refractivity contribution in [3.63, 3.8) is 0 Å². The Balaban J connectivity index is 2.25. The molecule has 1 amide bonds. The third-order valence-corrected chi connectivity index (χ3v) is 5.34. The van der Waals surface area contributed by atoms with Gasteiger partial charge in [-0.25, -0.2) is 0 Å². The van der Waals surface area contributed by atoms with Crippen molar-refractivity contribution >= 4 is 78.1 Å². The van der Waals surface area contributed by atoms with Crippen LogP contribution in [0.4, 0.5) is 0 Å². The van der Waals surface area contributed by atoms with Crippen LogP contribution >= 0.6 is 55.8 Å². The fourth-order valence-corrected chi connectivity index (χ4v) is 4.25. The van der Waals surface area contributed by atoms with E-state index in [2.05, 4.69) is 31.9 Å². The number of nitrogens with zero attached hydrogens (tertiary/aromatic N) is 1. The van der Waals surface area contributed by atoms with Crippen LogP contribution in [0.5, 0.6) is 5.75 Å². The molecule has 1 aliphatic rings. The van der Waals surface area contributed by atoms with E-state index in [1.165, 1.54) is 4.90 Å². The van der Waals surface area contributed by atoms with Crippen LogP contribution in [-0.2, 0) is 9.59 Å². The Morgan fingerprint density at radius 3 is 2.55 bits per heavy atom. The number of carboxylic acids is 1. The lowest BCUT2D eigenvalue weighted by molar-refractivity contribution is -0.305. The zero-order valence-corrected chi connectivity index (χ0v) is 15.6. The van der Waals surface area contributed by atoms with Crippen molar-refractivity contribution in [3.8, 4) is 5.75 Å². The molecule has 0 aromatic heterocycles. The summed E-state index contributed by atoms with van der Waals surface area (Å²) in [6.45, 7) is -0.00664. The van der Waals surface area contributed by atoms with Crippen molar-refractivity contribution in [2.75, 3.05) is 6.54 Å². The summed E-state index contributed by atoms with van der Waals surface area (Å²) in [7, 11) is 0. The SMILES string of the molecule is O=C([O-])CCN1C(=O)/C(=C\c2cc(Br)c(O)c(Br)c2)SC1=S. The Hall–Kier alpha value is -0.900. The molecule has 1 aliphatic heterocycles. The fraction of sp³-hybridized carbons (Fsp3) is 0.154. The van der Waals surface area contributed by atoms with Crippen LogP contribution in [-0.4, -0.2) is 32.7 Å². The highest BCUT2D eigenvalue weighted by molar-refractivity contribution is 9.11. The average molecular weight is 466 g/mol. The predicted octanol–water partition coefficient (Wildman–Crippen LogP) is 2.26. The number of benzene rings is 1. The van der Waals surface area contributed by atoms with Crippen molar-refractivity contribution in [2.45, 2.75) is 6.42 Å². The number of thioether (sulfide) groups is 1. The number of rotatable bonds is 4. The number of halogens is 2. The number of hydrogen-bond acceptors (Lipinski definition) is 6. The molecule has 1 fully saturated rings. The van der Waals surface area contributed by atoms with E-state index < -0.39 is 5.97 Å². The number of aromatic hydroxyl groups is 1. The molecule has 5 nitrogen and oxygen atoms in total. The van der Waals surface area contributed by atoms with E-state index in [1.807, 2.05) is 0 Å². The molecular formula is C13H8Br2NO4S2-. The molecule has 1 aromatic carbocycles. The molecule has 9 heteroatoms. The third kappa shape index (κ3) is 3.89. The predicted molar refractivity (Wildman–Crippen MR) is 93.0 cm³/mol. The first kappa shape index (κ1) is 17.5. The Kier molecular flexibility index (Phi) is 5.65. The molecule has 1 aromatic rings. The van der Waals surface area contributed by atoms with Crippen LogP contribution in [0, 0.1) is 0 Å². The Morgan fingerprint density at radius 1 is 1.41 bits per heavy atom. The van der Waals surface area contributed by atoms with Crippen molar-refractivity contribution in [2.24, 2.45) is 0 Å². The van der Waals surface area contributed by atoms with E-state index in [0.717, 1.165) is 11.8 Å². The summed E-state index contributed by atoms with van der Waals surface area (Å²) in [4.78, 5) is 24.4. The normalized spacial score (nSPS) is 16.6. The number of amides is 1. The second-order valence-corrected chi connectivity index (χ2v) is 7.67. The number of aliphatic carboxylic acids is 1. The van der Waals surface area contributed by atoms with Gasteiger partial charge < -0.3 is 15.0 Å². The molecule has 22 heavy (non-hydrogen) atoms. The molecule has 0 saturated carbocycles. The van der Waals surface area contributed by atoms with Crippen LogP contribution in [0.15, 0.2) is 26.0 Å². The van der Waals surface area contributed by atoms with Gasteiger partial charge in [-0.1, -0.05) is 24.0 Å². The maximum Gasteiger partial charge on any atom is 0.266 e. The van der Waals surface area contributed by atoms with Gasteiger partial charge in [-0.05, 0) is 55.6 Å². The van der Waals surface area contributed by atoms with Gasteiger partial charge in [0.15, 0.2) is 0 Å². The minimum atomic E-state index is -1.23. The topological polar surface area (TPSA) is 80.7 Å². The summed E-state index contributed by atoms with van der Waals surface area (Å²) in [5.41, 5.74) is 0.692. The lowest BCUT2D eigenvalue weighted by Crippen LogP contribution is -2.33. The van der Waals surface area contributed by atoms with Gasteiger partial charge in [0.25, 0.3) is 5.91 Å². The molecule has 0 spiro atoms. The minimum Gasteiger partial charge on any atom is -0.550 e. The van der Waals surface area contributed by atoms with Crippen LogP contribution in [0.1, 0.15) is 12.0 Å². The lowest BCUT2D eigenvalue weighted by Gasteiger charge is -2.14. The van der Waals surface area contributed by atoms with E-state index in [1.54, 1.807) is 18.2 Å². The molecule has 0 radical (unpaired) electrons. The molecule has 0 atom stereocenters. The van der Waals surface area contributed by atoms with E-state index in [4.69, 9.17) is 12.2 Å². The molecule has 1 heterocycles. The standard InChI is InChI=1S/C13H9Br2NO4S2/c14-7-3-6(4-8(15)11(7)19)5-9-12(20)16(13(21)22-9)2-1-10(17)18/h3-5,19H,1-2H2,(H,17,18)/p-1/b9-5+. The number of thiocarbonyl (C=S) groups is 1. The van der Waals surface area contributed by atoms with Crippen LogP contribution in [0.25, 0.3) is 6.08 Å². The molecule has 1 saturated heterocycles. The second-order valence-electron chi connectivity index (χ2n) is 4.29.